The first kappa shape index (κ1) is 14.9. The average molecular weight is 354 g/mol. The molecule has 0 radical (unpaired) electrons. The summed E-state index contributed by atoms with van der Waals surface area (Å²) in [7, 11) is 0. The Bertz CT molecular complexity index is 646. The monoisotopic (exact) mass is 352 g/mol. The van der Waals surface area contributed by atoms with Crippen molar-refractivity contribution >= 4 is 44.8 Å². The van der Waals surface area contributed by atoms with E-state index in [9.17, 15) is 4.79 Å². The molecule has 1 unspecified atom stereocenters. The van der Waals surface area contributed by atoms with Gasteiger partial charge in [-0.2, -0.15) is 0 Å². The topological polar surface area (TPSA) is 55.1 Å². The molecule has 2 aromatic rings. The molecule has 104 valence electrons. The highest BCUT2D eigenvalue weighted by molar-refractivity contribution is 9.10. The van der Waals surface area contributed by atoms with Gasteiger partial charge in [-0.05, 0) is 42.8 Å². The number of anilines is 2. The zero-order valence-electron chi connectivity index (χ0n) is 10.9. The molecule has 0 saturated carbocycles. The van der Waals surface area contributed by atoms with Crippen LogP contribution >= 0.6 is 27.5 Å². The van der Waals surface area contributed by atoms with Gasteiger partial charge in [0.1, 0.15) is 0 Å². The SMILES string of the molecule is CC(C(=O)Nc1ccc(Br)cc1Cl)c1cccc(N)c1. The fourth-order valence-electron chi connectivity index (χ4n) is 1.81. The largest absolute Gasteiger partial charge is 0.399 e. The summed E-state index contributed by atoms with van der Waals surface area (Å²) in [5.74, 6) is -0.432. The molecule has 2 rings (SSSR count). The van der Waals surface area contributed by atoms with Crippen molar-refractivity contribution in [2.75, 3.05) is 11.1 Å². The maximum atomic E-state index is 12.2. The van der Waals surface area contributed by atoms with Crippen molar-refractivity contribution in [1.29, 1.82) is 0 Å². The van der Waals surface area contributed by atoms with Crippen LogP contribution in [0.15, 0.2) is 46.9 Å². The number of nitrogen functional groups attached to an aromatic ring is 1. The lowest BCUT2D eigenvalue weighted by Crippen LogP contribution is -2.19. The van der Waals surface area contributed by atoms with Gasteiger partial charge < -0.3 is 11.1 Å². The fourth-order valence-corrected chi connectivity index (χ4v) is 2.53. The lowest BCUT2D eigenvalue weighted by Gasteiger charge is -2.14. The minimum absolute atomic E-state index is 0.125. The predicted molar refractivity (Wildman–Crippen MR) is 87.1 cm³/mol. The van der Waals surface area contributed by atoms with Crippen molar-refractivity contribution in [3.05, 3.63) is 57.5 Å². The quantitative estimate of drug-likeness (QED) is 0.802. The Kier molecular flexibility index (Phi) is 4.68. The molecule has 1 atom stereocenters. The number of carbonyl (C=O) groups excluding carboxylic acids is 1. The molecule has 0 aliphatic heterocycles. The van der Waals surface area contributed by atoms with Gasteiger partial charge in [-0.15, -0.1) is 0 Å². The van der Waals surface area contributed by atoms with E-state index in [-0.39, 0.29) is 11.8 Å². The van der Waals surface area contributed by atoms with E-state index in [0.29, 0.717) is 16.4 Å². The van der Waals surface area contributed by atoms with Crippen LogP contribution in [0.4, 0.5) is 11.4 Å². The summed E-state index contributed by atoms with van der Waals surface area (Å²) in [6.07, 6.45) is 0. The van der Waals surface area contributed by atoms with Crippen LogP contribution < -0.4 is 11.1 Å². The smallest absolute Gasteiger partial charge is 0.231 e. The molecule has 0 aromatic heterocycles. The van der Waals surface area contributed by atoms with E-state index in [1.807, 2.05) is 25.1 Å². The first-order valence-corrected chi connectivity index (χ1v) is 7.26. The third kappa shape index (κ3) is 3.52. The highest BCUT2D eigenvalue weighted by Crippen LogP contribution is 2.27. The maximum Gasteiger partial charge on any atom is 0.231 e. The zero-order chi connectivity index (χ0) is 14.7. The second-order valence-corrected chi connectivity index (χ2v) is 5.83. The number of nitrogens with two attached hydrogens (primary N) is 1. The van der Waals surface area contributed by atoms with Crippen LogP contribution in [0.2, 0.25) is 5.02 Å². The Labute approximate surface area is 131 Å². The minimum atomic E-state index is -0.307. The molecule has 0 heterocycles. The molecule has 1 amide bonds. The third-order valence-electron chi connectivity index (χ3n) is 2.99. The molecule has 20 heavy (non-hydrogen) atoms. The molecule has 2 aromatic carbocycles. The van der Waals surface area contributed by atoms with Crippen LogP contribution in [-0.2, 0) is 4.79 Å². The highest BCUT2D eigenvalue weighted by atomic mass is 79.9. The maximum absolute atomic E-state index is 12.2. The number of halogens is 2. The van der Waals surface area contributed by atoms with Gasteiger partial charge in [-0.1, -0.05) is 39.7 Å². The van der Waals surface area contributed by atoms with Gasteiger partial charge in [-0.25, -0.2) is 0 Å². The van der Waals surface area contributed by atoms with E-state index in [1.54, 1.807) is 24.3 Å². The van der Waals surface area contributed by atoms with Crippen LogP contribution in [0.3, 0.4) is 0 Å². The van der Waals surface area contributed by atoms with E-state index in [4.69, 9.17) is 17.3 Å². The van der Waals surface area contributed by atoms with Gasteiger partial charge in [-0.3, -0.25) is 4.79 Å². The van der Waals surface area contributed by atoms with E-state index in [1.165, 1.54) is 0 Å². The molecule has 3 nitrogen and oxygen atoms in total. The van der Waals surface area contributed by atoms with Crippen molar-refractivity contribution in [2.24, 2.45) is 0 Å². The van der Waals surface area contributed by atoms with Crippen LogP contribution in [0.1, 0.15) is 18.4 Å². The van der Waals surface area contributed by atoms with Crippen LogP contribution in [0.5, 0.6) is 0 Å². The van der Waals surface area contributed by atoms with Crippen LogP contribution in [0.25, 0.3) is 0 Å². The summed E-state index contributed by atoms with van der Waals surface area (Å²) < 4.78 is 0.865. The zero-order valence-corrected chi connectivity index (χ0v) is 13.2. The first-order chi connectivity index (χ1) is 9.47. The summed E-state index contributed by atoms with van der Waals surface area (Å²) in [5.41, 5.74) is 7.84. The molecule has 0 aliphatic rings. The van der Waals surface area contributed by atoms with Crippen LogP contribution in [-0.4, -0.2) is 5.91 Å². The van der Waals surface area contributed by atoms with Gasteiger partial charge in [0.2, 0.25) is 5.91 Å². The molecule has 0 spiro atoms. The van der Waals surface area contributed by atoms with Crippen molar-refractivity contribution < 1.29 is 4.79 Å². The van der Waals surface area contributed by atoms with Gasteiger partial charge in [0.15, 0.2) is 0 Å². The lowest BCUT2D eigenvalue weighted by molar-refractivity contribution is -0.117. The molecule has 5 heteroatoms. The number of nitrogens with one attached hydrogen (secondary N) is 1. The van der Waals surface area contributed by atoms with Crippen molar-refractivity contribution in [3.8, 4) is 0 Å². The molecule has 0 saturated heterocycles. The van der Waals surface area contributed by atoms with Gasteiger partial charge >= 0.3 is 0 Å². The molecule has 0 aliphatic carbocycles. The summed E-state index contributed by atoms with van der Waals surface area (Å²) in [5, 5.41) is 3.32. The van der Waals surface area contributed by atoms with Gasteiger partial charge in [0, 0.05) is 10.2 Å². The van der Waals surface area contributed by atoms with Crippen molar-refractivity contribution in [3.63, 3.8) is 0 Å². The Morgan fingerprint density at radius 2 is 2.05 bits per heavy atom. The van der Waals surface area contributed by atoms with Gasteiger partial charge in [0.25, 0.3) is 0 Å². The molecule has 0 fully saturated rings. The first-order valence-electron chi connectivity index (χ1n) is 6.08. The summed E-state index contributed by atoms with van der Waals surface area (Å²) >= 11 is 9.41. The highest BCUT2D eigenvalue weighted by Gasteiger charge is 2.16. The van der Waals surface area contributed by atoms with E-state index < -0.39 is 0 Å². The average Bonchev–Trinajstić information content (AvgIpc) is 2.41. The Balaban J connectivity index is 2.15. The van der Waals surface area contributed by atoms with Crippen LogP contribution in [0, 0.1) is 0 Å². The second-order valence-electron chi connectivity index (χ2n) is 4.51. The van der Waals surface area contributed by atoms with E-state index in [2.05, 4.69) is 21.2 Å². The number of hydrogen-bond acceptors (Lipinski definition) is 2. The summed E-state index contributed by atoms with van der Waals surface area (Å²) in [6.45, 7) is 1.83. The number of carbonyl (C=O) groups is 1. The second kappa shape index (κ2) is 6.29. The Morgan fingerprint density at radius 1 is 1.30 bits per heavy atom. The number of benzene rings is 2. The number of hydrogen-bond donors (Lipinski definition) is 2. The van der Waals surface area contributed by atoms with Crippen molar-refractivity contribution in [2.45, 2.75) is 12.8 Å². The Morgan fingerprint density at radius 3 is 2.70 bits per heavy atom. The fraction of sp³-hybridized carbons (Fsp3) is 0.133. The molecular formula is C15H14BrClN2O. The minimum Gasteiger partial charge on any atom is -0.399 e. The lowest BCUT2D eigenvalue weighted by atomic mass is 10.00. The number of amides is 1. The normalized spacial score (nSPS) is 11.9. The molecular weight excluding hydrogens is 340 g/mol. The summed E-state index contributed by atoms with van der Waals surface area (Å²) in [4.78, 5) is 12.2. The van der Waals surface area contributed by atoms with E-state index in [0.717, 1.165) is 10.0 Å². The third-order valence-corrected chi connectivity index (χ3v) is 3.80. The summed E-state index contributed by atoms with van der Waals surface area (Å²) in [6, 6.07) is 12.6. The van der Waals surface area contributed by atoms with Crippen molar-refractivity contribution in [1.82, 2.24) is 0 Å². The van der Waals surface area contributed by atoms with E-state index >= 15 is 0 Å². The standard InChI is InChI=1S/C15H14BrClN2O/c1-9(10-3-2-4-12(18)7-10)15(20)19-14-6-5-11(16)8-13(14)17/h2-9H,18H2,1H3,(H,19,20). The molecule has 3 N–H and O–H groups in total. The van der Waals surface area contributed by atoms with Gasteiger partial charge in [0.05, 0.1) is 16.6 Å². The predicted octanol–water partition coefficient (Wildman–Crippen LogP) is 4.43. The Hall–Kier alpha value is -1.52. The molecule has 0 bridgehead atoms. The number of rotatable bonds is 3.